The van der Waals surface area contributed by atoms with Gasteiger partial charge in [-0.05, 0) is 17.7 Å². The van der Waals surface area contributed by atoms with Crippen LogP contribution in [0.15, 0.2) is 65.5 Å². The summed E-state index contributed by atoms with van der Waals surface area (Å²) in [5, 5.41) is 7.33. The molecule has 4 rings (SSSR count). The molecule has 2 heterocycles. The van der Waals surface area contributed by atoms with Crippen molar-refractivity contribution in [1.29, 1.82) is 0 Å². The second-order valence-electron chi connectivity index (χ2n) is 6.47. The van der Waals surface area contributed by atoms with Crippen molar-refractivity contribution in [1.82, 2.24) is 24.9 Å². The van der Waals surface area contributed by atoms with E-state index in [1.807, 2.05) is 30.3 Å². The SMILES string of the molecule is O=c1cc(CNCc2ccc(C(F)(F)F)cc2)[nH]c2nc(-c3ccccc3)nn12. The lowest BCUT2D eigenvalue weighted by molar-refractivity contribution is -0.137. The Labute approximate surface area is 163 Å². The summed E-state index contributed by atoms with van der Waals surface area (Å²) in [5.41, 5.74) is 1.10. The third-order valence-electron chi connectivity index (χ3n) is 4.34. The number of fused-ring (bicyclic) bond motifs is 1. The van der Waals surface area contributed by atoms with Crippen LogP contribution in [0.4, 0.5) is 13.2 Å². The van der Waals surface area contributed by atoms with Crippen molar-refractivity contribution in [3.8, 4) is 11.4 Å². The van der Waals surface area contributed by atoms with E-state index in [0.717, 1.165) is 17.7 Å². The predicted molar refractivity (Wildman–Crippen MR) is 101 cm³/mol. The number of hydrogen-bond donors (Lipinski definition) is 2. The maximum atomic E-state index is 12.6. The van der Waals surface area contributed by atoms with E-state index in [1.165, 1.54) is 22.7 Å². The molecule has 6 nitrogen and oxygen atoms in total. The van der Waals surface area contributed by atoms with Crippen molar-refractivity contribution in [3.63, 3.8) is 0 Å². The first-order valence-electron chi connectivity index (χ1n) is 8.81. The summed E-state index contributed by atoms with van der Waals surface area (Å²) in [6.45, 7) is 0.674. The van der Waals surface area contributed by atoms with Crippen molar-refractivity contribution in [2.75, 3.05) is 0 Å². The lowest BCUT2D eigenvalue weighted by Crippen LogP contribution is -2.20. The fourth-order valence-corrected chi connectivity index (χ4v) is 2.89. The standard InChI is InChI=1S/C20H16F3N5O/c21-20(22,23)15-8-6-13(7-9-15)11-24-12-16-10-17(29)28-19(25-16)26-18(27-28)14-4-2-1-3-5-14/h1-10,24H,11-12H2,(H,25,26,27). The average molecular weight is 399 g/mol. The fourth-order valence-electron chi connectivity index (χ4n) is 2.89. The molecule has 0 fully saturated rings. The highest BCUT2D eigenvalue weighted by Crippen LogP contribution is 2.29. The van der Waals surface area contributed by atoms with Crippen LogP contribution in [0.3, 0.4) is 0 Å². The highest BCUT2D eigenvalue weighted by Gasteiger charge is 2.29. The molecule has 0 aliphatic rings. The van der Waals surface area contributed by atoms with Crippen LogP contribution < -0.4 is 10.9 Å². The van der Waals surface area contributed by atoms with E-state index in [4.69, 9.17) is 0 Å². The van der Waals surface area contributed by atoms with Crippen LogP contribution in [0.25, 0.3) is 17.2 Å². The number of aromatic amines is 1. The van der Waals surface area contributed by atoms with Crippen LogP contribution in [0.5, 0.6) is 0 Å². The van der Waals surface area contributed by atoms with E-state index in [1.54, 1.807) is 0 Å². The molecule has 0 radical (unpaired) electrons. The zero-order valence-corrected chi connectivity index (χ0v) is 15.1. The quantitative estimate of drug-likeness (QED) is 0.540. The Bertz CT molecular complexity index is 1180. The molecular formula is C20H16F3N5O. The van der Waals surface area contributed by atoms with Crippen LogP contribution in [0, 0.1) is 0 Å². The number of aromatic nitrogens is 4. The van der Waals surface area contributed by atoms with Gasteiger partial charge in [0.25, 0.3) is 5.56 Å². The van der Waals surface area contributed by atoms with E-state index >= 15 is 0 Å². The van der Waals surface area contributed by atoms with E-state index in [2.05, 4.69) is 20.4 Å². The molecule has 4 aromatic rings. The maximum Gasteiger partial charge on any atom is 0.416 e. The number of H-pyrrole nitrogens is 1. The second-order valence-corrected chi connectivity index (χ2v) is 6.47. The molecule has 0 spiro atoms. The lowest BCUT2D eigenvalue weighted by atomic mass is 10.1. The molecule has 2 aromatic carbocycles. The molecule has 0 atom stereocenters. The molecule has 0 bridgehead atoms. The van der Waals surface area contributed by atoms with Crippen molar-refractivity contribution in [3.05, 3.63) is 87.8 Å². The molecule has 0 unspecified atom stereocenters. The summed E-state index contributed by atoms with van der Waals surface area (Å²) in [7, 11) is 0. The number of alkyl halides is 3. The van der Waals surface area contributed by atoms with E-state index in [0.29, 0.717) is 35.9 Å². The van der Waals surface area contributed by atoms with Gasteiger partial charge >= 0.3 is 6.18 Å². The Morgan fingerprint density at radius 1 is 1.00 bits per heavy atom. The maximum absolute atomic E-state index is 12.6. The second kappa shape index (κ2) is 7.51. The van der Waals surface area contributed by atoms with Gasteiger partial charge in [-0.3, -0.25) is 4.79 Å². The molecule has 0 aliphatic carbocycles. The van der Waals surface area contributed by atoms with Gasteiger partial charge in [0.1, 0.15) is 0 Å². The highest BCUT2D eigenvalue weighted by atomic mass is 19.4. The minimum Gasteiger partial charge on any atom is -0.326 e. The fraction of sp³-hybridized carbons (Fsp3) is 0.150. The van der Waals surface area contributed by atoms with Crippen LogP contribution in [0.2, 0.25) is 0 Å². The highest BCUT2D eigenvalue weighted by molar-refractivity contribution is 5.56. The van der Waals surface area contributed by atoms with Crippen molar-refractivity contribution >= 4 is 5.78 Å². The molecule has 9 heteroatoms. The van der Waals surface area contributed by atoms with Gasteiger partial charge in [0, 0.05) is 30.4 Å². The summed E-state index contributed by atoms with van der Waals surface area (Å²) in [6.07, 6.45) is -4.35. The van der Waals surface area contributed by atoms with Crippen molar-refractivity contribution < 1.29 is 13.2 Å². The zero-order chi connectivity index (χ0) is 20.4. The third-order valence-corrected chi connectivity index (χ3v) is 4.34. The Hall–Kier alpha value is -3.46. The summed E-state index contributed by atoms with van der Waals surface area (Å²) < 4.78 is 39.0. The van der Waals surface area contributed by atoms with Gasteiger partial charge in [-0.2, -0.15) is 22.7 Å². The first kappa shape index (κ1) is 18.9. The normalized spacial score (nSPS) is 11.8. The van der Waals surface area contributed by atoms with Gasteiger partial charge in [0.2, 0.25) is 5.78 Å². The lowest BCUT2D eigenvalue weighted by Gasteiger charge is -2.08. The number of hydrogen-bond acceptors (Lipinski definition) is 4. The van der Waals surface area contributed by atoms with E-state index < -0.39 is 11.7 Å². The topological polar surface area (TPSA) is 75.1 Å². The molecule has 0 saturated carbocycles. The van der Waals surface area contributed by atoms with Gasteiger partial charge in [0.05, 0.1) is 5.56 Å². The Morgan fingerprint density at radius 2 is 1.72 bits per heavy atom. The van der Waals surface area contributed by atoms with Crippen LogP contribution in [0.1, 0.15) is 16.8 Å². The number of nitrogens with one attached hydrogen (secondary N) is 2. The summed E-state index contributed by atoms with van der Waals surface area (Å²) in [5.74, 6) is 0.761. The largest absolute Gasteiger partial charge is 0.416 e. The van der Waals surface area contributed by atoms with E-state index in [-0.39, 0.29) is 5.56 Å². The minimum atomic E-state index is -4.35. The first-order chi connectivity index (χ1) is 13.9. The number of nitrogens with zero attached hydrogens (tertiary/aromatic N) is 3. The summed E-state index contributed by atoms with van der Waals surface area (Å²) >= 11 is 0. The van der Waals surface area contributed by atoms with Gasteiger partial charge in [-0.25, -0.2) is 0 Å². The average Bonchev–Trinajstić information content (AvgIpc) is 3.13. The third kappa shape index (κ3) is 4.19. The monoisotopic (exact) mass is 399 g/mol. The van der Waals surface area contributed by atoms with Crippen molar-refractivity contribution in [2.24, 2.45) is 0 Å². The number of rotatable bonds is 5. The molecule has 0 amide bonds. The first-order valence-corrected chi connectivity index (χ1v) is 8.81. The Balaban J connectivity index is 1.46. The summed E-state index contributed by atoms with van der Waals surface area (Å²) in [6, 6.07) is 15.7. The smallest absolute Gasteiger partial charge is 0.326 e. The summed E-state index contributed by atoms with van der Waals surface area (Å²) in [4.78, 5) is 19.7. The zero-order valence-electron chi connectivity index (χ0n) is 15.1. The molecule has 0 aliphatic heterocycles. The molecule has 0 saturated heterocycles. The van der Waals surface area contributed by atoms with Crippen molar-refractivity contribution in [2.45, 2.75) is 19.3 Å². The van der Waals surface area contributed by atoms with E-state index in [9.17, 15) is 18.0 Å². The Morgan fingerprint density at radius 3 is 2.41 bits per heavy atom. The van der Waals surface area contributed by atoms with Gasteiger partial charge < -0.3 is 10.3 Å². The van der Waals surface area contributed by atoms with Gasteiger partial charge in [0.15, 0.2) is 5.82 Å². The van der Waals surface area contributed by atoms with Gasteiger partial charge in [-0.1, -0.05) is 42.5 Å². The number of halogens is 3. The molecule has 2 aromatic heterocycles. The van der Waals surface area contributed by atoms with Crippen LogP contribution >= 0.6 is 0 Å². The molecule has 29 heavy (non-hydrogen) atoms. The predicted octanol–water partition coefficient (Wildman–Crippen LogP) is 3.39. The molecular weight excluding hydrogens is 383 g/mol. The van der Waals surface area contributed by atoms with Crippen LogP contribution in [-0.2, 0) is 19.3 Å². The van der Waals surface area contributed by atoms with Crippen LogP contribution in [-0.4, -0.2) is 19.6 Å². The number of benzene rings is 2. The molecule has 2 N–H and O–H groups in total. The Kier molecular flexibility index (Phi) is 4.89. The minimum absolute atomic E-state index is 0.320. The van der Waals surface area contributed by atoms with Gasteiger partial charge in [-0.15, -0.1) is 5.10 Å². The molecule has 148 valence electrons.